The van der Waals surface area contributed by atoms with Crippen molar-refractivity contribution in [1.82, 2.24) is 0 Å². The number of nitrogen functional groups attached to an aromatic ring is 1. The lowest BCUT2D eigenvalue weighted by molar-refractivity contribution is 0.338. The highest BCUT2D eigenvalue weighted by molar-refractivity contribution is 5.54. The summed E-state index contributed by atoms with van der Waals surface area (Å²) in [6.07, 6.45) is 0. The van der Waals surface area contributed by atoms with E-state index in [9.17, 15) is 0 Å². The molecule has 0 spiro atoms. The molecule has 1 aromatic rings. The van der Waals surface area contributed by atoms with E-state index in [1.165, 1.54) is 6.07 Å². The van der Waals surface area contributed by atoms with E-state index in [0.717, 1.165) is 0 Å². The molecule has 0 fully saturated rings. The number of hydrogen-bond acceptors (Lipinski definition) is 3. The van der Waals surface area contributed by atoms with Crippen molar-refractivity contribution in [3.8, 4) is 11.5 Å². The first kappa shape index (κ1) is 7.72. The number of benzene rings is 1. The predicted octanol–water partition coefficient (Wildman–Crippen LogP) is 1.37. The molecule has 1 aromatic carbocycles. The fourth-order valence-electron chi connectivity index (χ4n) is 0.780. The van der Waals surface area contributed by atoms with Gasteiger partial charge in [0.25, 0.3) is 0 Å². The highest BCUT2D eigenvalue weighted by Gasteiger charge is 1.97. The van der Waals surface area contributed by atoms with Crippen LogP contribution in [0.3, 0.4) is 0 Å². The van der Waals surface area contributed by atoms with Crippen molar-refractivity contribution in [3.63, 3.8) is 0 Å². The summed E-state index contributed by atoms with van der Waals surface area (Å²) in [6, 6.07) is 4.83. The fourth-order valence-corrected chi connectivity index (χ4v) is 0.780. The second-order valence-electron chi connectivity index (χ2n) is 2.15. The van der Waals surface area contributed by atoms with E-state index >= 15 is 0 Å². The molecule has 0 bridgehead atoms. The normalized spacial score (nSPS) is 9.55. The quantitative estimate of drug-likeness (QED) is 0.498. The van der Waals surface area contributed by atoms with Crippen LogP contribution in [0.25, 0.3) is 0 Å². The third-order valence-corrected chi connectivity index (χ3v) is 1.31. The minimum Gasteiger partial charge on any atom is -0.506 e. The first-order chi connectivity index (χ1) is 5.24. The van der Waals surface area contributed by atoms with Gasteiger partial charge in [-0.1, -0.05) is 0 Å². The number of ether oxygens (including phenoxy) is 1. The van der Waals surface area contributed by atoms with Crippen LogP contribution in [0.1, 0.15) is 6.92 Å². The van der Waals surface area contributed by atoms with Crippen LogP contribution >= 0.6 is 0 Å². The van der Waals surface area contributed by atoms with Gasteiger partial charge in [-0.3, -0.25) is 0 Å². The van der Waals surface area contributed by atoms with Crippen molar-refractivity contribution in [3.05, 3.63) is 18.2 Å². The SMILES string of the molecule is CCOc1ccc(N)c(O)c1. The second-order valence-corrected chi connectivity index (χ2v) is 2.15. The van der Waals surface area contributed by atoms with Crippen molar-refractivity contribution in [2.24, 2.45) is 0 Å². The van der Waals surface area contributed by atoms with Crippen LogP contribution in [0.15, 0.2) is 18.2 Å². The fraction of sp³-hybridized carbons (Fsp3) is 0.250. The molecule has 60 valence electrons. The molecule has 0 heterocycles. The molecule has 3 heteroatoms. The molecule has 0 atom stereocenters. The van der Waals surface area contributed by atoms with E-state index in [4.69, 9.17) is 15.6 Å². The van der Waals surface area contributed by atoms with Gasteiger partial charge in [-0.25, -0.2) is 0 Å². The van der Waals surface area contributed by atoms with Crippen molar-refractivity contribution < 1.29 is 9.84 Å². The highest BCUT2D eigenvalue weighted by atomic mass is 16.5. The Morgan fingerprint density at radius 3 is 2.82 bits per heavy atom. The van der Waals surface area contributed by atoms with Crippen LogP contribution in [0, 0.1) is 0 Å². The van der Waals surface area contributed by atoms with Gasteiger partial charge in [0.1, 0.15) is 11.5 Å². The average molecular weight is 153 g/mol. The Morgan fingerprint density at radius 1 is 1.55 bits per heavy atom. The second kappa shape index (κ2) is 3.14. The first-order valence-corrected chi connectivity index (χ1v) is 3.45. The maximum absolute atomic E-state index is 9.12. The van der Waals surface area contributed by atoms with Gasteiger partial charge in [0.05, 0.1) is 12.3 Å². The molecule has 0 aromatic heterocycles. The van der Waals surface area contributed by atoms with Crippen molar-refractivity contribution in [1.29, 1.82) is 0 Å². The molecule has 0 radical (unpaired) electrons. The number of rotatable bonds is 2. The highest BCUT2D eigenvalue weighted by Crippen LogP contribution is 2.24. The Morgan fingerprint density at radius 2 is 2.27 bits per heavy atom. The van der Waals surface area contributed by atoms with E-state index < -0.39 is 0 Å². The summed E-state index contributed by atoms with van der Waals surface area (Å²) in [5.74, 6) is 0.704. The number of hydrogen-bond donors (Lipinski definition) is 2. The molecular formula is C8H11NO2. The molecule has 0 aliphatic carbocycles. The van der Waals surface area contributed by atoms with Crippen molar-refractivity contribution in [2.45, 2.75) is 6.92 Å². The topological polar surface area (TPSA) is 55.5 Å². The molecule has 3 N–H and O–H groups in total. The largest absolute Gasteiger partial charge is 0.506 e. The minimum absolute atomic E-state index is 0.0657. The van der Waals surface area contributed by atoms with Gasteiger partial charge >= 0.3 is 0 Å². The molecular weight excluding hydrogens is 142 g/mol. The summed E-state index contributed by atoms with van der Waals surface area (Å²) in [4.78, 5) is 0. The molecule has 0 amide bonds. The van der Waals surface area contributed by atoms with Gasteiger partial charge in [0.2, 0.25) is 0 Å². The minimum atomic E-state index is 0.0657. The van der Waals surface area contributed by atoms with Gasteiger partial charge in [0, 0.05) is 6.07 Å². The lowest BCUT2D eigenvalue weighted by Crippen LogP contribution is -1.92. The maximum atomic E-state index is 9.12. The van der Waals surface area contributed by atoms with E-state index in [2.05, 4.69) is 0 Å². The monoisotopic (exact) mass is 153 g/mol. The summed E-state index contributed by atoms with van der Waals surface area (Å²) >= 11 is 0. The first-order valence-electron chi connectivity index (χ1n) is 3.45. The zero-order valence-corrected chi connectivity index (χ0v) is 6.37. The molecule has 3 nitrogen and oxygen atoms in total. The zero-order valence-electron chi connectivity index (χ0n) is 6.37. The van der Waals surface area contributed by atoms with E-state index in [1.807, 2.05) is 6.92 Å². The Labute approximate surface area is 65.4 Å². The van der Waals surface area contributed by atoms with Crippen LogP contribution in [-0.2, 0) is 0 Å². The Bertz CT molecular complexity index is 248. The molecule has 11 heavy (non-hydrogen) atoms. The summed E-state index contributed by atoms with van der Waals surface area (Å²) in [6.45, 7) is 2.47. The summed E-state index contributed by atoms with van der Waals surface area (Å²) < 4.78 is 5.13. The van der Waals surface area contributed by atoms with Crippen LogP contribution in [-0.4, -0.2) is 11.7 Å². The lowest BCUT2D eigenvalue weighted by atomic mass is 10.3. The Hall–Kier alpha value is -1.38. The van der Waals surface area contributed by atoms with Gasteiger partial charge < -0.3 is 15.6 Å². The Balaban J connectivity index is 2.86. The third-order valence-electron chi connectivity index (χ3n) is 1.31. The zero-order chi connectivity index (χ0) is 8.27. The predicted molar refractivity (Wildman–Crippen MR) is 43.7 cm³/mol. The number of aromatic hydroxyl groups is 1. The number of phenolic OH excluding ortho intramolecular Hbond substituents is 1. The van der Waals surface area contributed by atoms with Crippen molar-refractivity contribution in [2.75, 3.05) is 12.3 Å². The van der Waals surface area contributed by atoms with Gasteiger partial charge in [0.15, 0.2) is 0 Å². The number of phenols is 1. The molecule has 0 unspecified atom stereocenters. The van der Waals surface area contributed by atoms with Crippen LogP contribution in [0.5, 0.6) is 11.5 Å². The van der Waals surface area contributed by atoms with E-state index in [-0.39, 0.29) is 5.75 Å². The van der Waals surface area contributed by atoms with Gasteiger partial charge in [-0.15, -0.1) is 0 Å². The summed E-state index contributed by atoms with van der Waals surface area (Å²) in [5.41, 5.74) is 5.75. The van der Waals surface area contributed by atoms with E-state index in [0.29, 0.717) is 18.0 Å². The molecule has 0 aliphatic heterocycles. The molecule has 0 saturated heterocycles. The average Bonchev–Trinajstić information content (AvgIpc) is 1.98. The summed E-state index contributed by atoms with van der Waals surface area (Å²) in [7, 11) is 0. The van der Waals surface area contributed by atoms with Crippen molar-refractivity contribution >= 4 is 5.69 Å². The maximum Gasteiger partial charge on any atom is 0.142 e. The molecule has 1 rings (SSSR count). The van der Waals surface area contributed by atoms with Crippen LogP contribution in [0.2, 0.25) is 0 Å². The van der Waals surface area contributed by atoms with E-state index in [1.54, 1.807) is 12.1 Å². The molecule has 0 aliphatic rings. The standard InChI is InChI=1S/C8H11NO2/c1-2-11-6-3-4-7(9)8(10)5-6/h3-5,10H,2,9H2,1H3. The number of nitrogens with two attached hydrogens (primary N) is 1. The number of anilines is 1. The lowest BCUT2D eigenvalue weighted by Gasteiger charge is -2.03. The van der Waals surface area contributed by atoms with Crippen LogP contribution in [0.4, 0.5) is 5.69 Å². The van der Waals surface area contributed by atoms with Gasteiger partial charge in [-0.2, -0.15) is 0 Å². The third kappa shape index (κ3) is 1.77. The van der Waals surface area contributed by atoms with Gasteiger partial charge in [-0.05, 0) is 19.1 Å². The molecule has 0 saturated carbocycles. The smallest absolute Gasteiger partial charge is 0.142 e. The Kier molecular flexibility index (Phi) is 2.21. The summed E-state index contributed by atoms with van der Waals surface area (Å²) in [5, 5.41) is 9.12. The van der Waals surface area contributed by atoms with Crippen LogP contribution < -0.4 is 10.5 Å².